The Hall–Kier alpha value is -0.930. The second-order valence-corrected chi connectivity index (χ2v) is 9.62. The molecule has 6 nitrogen and oxygen atoms in total. The number of hydrogen-bond donors (Lipinski definition) is 6. The van der Waals surface area contributed by atoms with Gasteiger partial charge in [-0.05, 0) is 40.0 Å². The summed E-state index contributed by atoms with van der Waals surface area (Å²) in [4.78, 5) is 0. The van der Waals surface area contributed by atoms with Crippen LogP contribution in [0.2, 0.25) is 0 Å². The fourth-order valence-corrected chi connectivity index (χ4v) is 1.78. The largest absolute Gasteiger partial charge is 0.397 e. The second kappa shape index (κ2) is 47.0. The maximum absolute atomic E-state index is 7.88. The minimum absolute atomic E-state index is 0. The molecule has 0 aromatic heterocycles. The van der Waals surface area contributed by atoms with Crippen LogP contribution >= 0.6 is 0 Å². The Morgan fingerprint density at radius 2 is 0.595 bits per heavy atom. The summed E-state index contributed by atoms with van der Waals surface area (Å²) in [6, 6.07) is 20.6. The maximum atomic E-state index is 7.88. The monoisotopic (exact) mass is 764 g/mol. The van der Waals surface area contributed by atoms with E-state index in [1.165, 1.54) is 11.1 Å². The topological polar surface area (TPSA) is 121 Å². The Balaban J connectivity index is -0.0000000711. The van der Waals surface area contributed by atoms with Crippen LogP contribution in [0.25, 0.3) is 0 Å². The van der Waals surface area contributed by atoms with Crippen molar-refractivity contribution in [2.75, 3.05) is 39.6 Å². The van der Waals surface area contributed by atoms with Gasteiger partial charge in [-0.25, -0.2) is 0 Å². The van der Waals surface area contributed by atoms with Crippen molar-refractivity contribution in [1.82, 2.24) is 0 Å². The van der Waals surface area contributed by atoms with Crippen LogP contribution in [0, 0.1) is 13.8 Å². The van der Waals surface area contributed by atoms with Gasteiger partial charge in [0.2, 0.25) is 0 Å². The fraction of sp³-hybridized carbons (Fsp3) is 0.600. The molecule has 2 aromatic rings. The molecule has 42 heavy (non-hydrogen) atoms. The van der Waals surface area contributed by atoms with E-state index in [1.807, 2.05) is 57.2 Å². The molecular weight excluding hydrogens is 695 g/mol. The van der Waals surface area contributed by atoms with Crippen molar-refractivity contribution in [2.45, 2.75) is 99.3 Å². The first kappa shape index (κ1) is 56.8. The van der Waals surface area contributed by atoms with Crippen LogP contribution in [0.4, 0.5) is 0 Å². The molecule has 0 unspecified atom stereocenters. The summed E-state index contributed by atoms with van der Waals surface area (Å²) in [6.45, 7) is 29.1. The summed E-state index contributed by atoms with van der Waals surface area (Å²) in [7, 11) is 0. The minimum atomic E-state index is 0. The zero-order valence-electron chi connectivity index (χ0n) is 28.7. The molecule has 0 amide bonds. The van der Waals surface area contributed by atoms with Gasteiger partial charge in [0.05, 0.1) is 0 Å². The third-order valence-electron chi connectivity index (χ3n) is 3.78. The summed E-state index contributed by atoms with van der Waals surface area (Å²) in [5.74, 6) is 0. The molecule has 2 rings (SSSR count). The van der Waals surface area contributed by atoms with Crippen molar-refractivity contribution in [3.63, 3.8) is 0 Å². The molecule has 2 aromatic carbocycles. The summed E-state index contributed by atoms with van der Waals surface area (Å²) < 4.78 is 0. The van der Waals surface area contributed by atoms with Gasteiger partial charge in [-0.1, -0.05) is 120 Å². The second-order valence-electron chi connectivity index (χ2n) is 9.62. The molecule has 0 aliphatic carbocycles. The third-order valence-corrected chi connectivity index (χ3v) is 3.78. The Labute approximate surface area is 280 Å². The first-order valence-electron chi connectivity index (χ1n) is 14.7. The Bertz CT molecular complexity index is 572. The van der Waals surface area contributed by atoms with Crippen molar-refractivity contribution in [3.8, 4) is 0 Å². The van der Waals surface area contributed by atoms with Crippen molar-refractivity contribution in [2.24, 2.45) is 0 Å². The van der Waals surface area contributed by atoms with E-state index in [1.54, 1.807) is 20.8 Å². The van der Waals surface area contributed by atoms with Crippen molar-refractivity contribution < 1.29 is 56.5 Å². The molecule has 250 valence electrons. The van der Waals surface area contributed by atoms with E-state index in [9.17, 15) is 0 Å². The smallest absolute Gasteiger partial charge is 0.0428 e. The van der Waals surface area contributed by atoms with Crippen LogP contribution in [0.5, 0.6) is 0 Å². The van der Waals surface area contributed by atoms with Crippen molar-refractivity contribution in [1.29, 1.82) is 0 Å². The summed E-state index contributed by atoms with van der Waals surface area (Å²) in [5.41, 5.74) is 2.66. The molecular formula is C35H68HfO6-2. The Kier molecular flexibility index (Phi) is 63.6. The molecule has 0 aliphatic rings. The summed E-state index contributed by atoms with van der Waals surface area (Å²) >= 11 is 0. The normalized spacial score (nSPS) is 8.90. The first-order valence-corrected chi connectivity index (χ1v) is 14.7. The number of aliphatic hydroxyl groups is 6. The van der Waals surface area contributed by atoms with E-state index >= 15 is 0 Å². The third kappa shape index (κ3) is 62.6. The maximum Gasteiger partial charge on any atom is 0.0428 e. The Morgan fingerprint density at radius 3 is 0.667 bits per heavy atom. The fourth-order valence-electron chi connectivity index (χ4n) is 1.78. The molecule has 0 radical (unpaired) electrons. The number of hydrogen-bond acceptors (Lipinski definition) is 6. The van der Waals surface area contributed by atoms with Gasteiger partial charge in [-0.2, -0.15) is 0 Å². The molecule has 0 saturated heterocycles. The SMILES string of the molecule is CCCO.CCCO.CCCO.CCO.CCO.CCO.[CH2-]C(C)(C)c1ccccc1.[CH2-]C(C)(C)c1ccccc1.[Hf]. The van der Waals surface area contributed by atoms with Crippen LogP contribution in [-0.2, 0) is 36.7 Å². The standard InChI is InChI=1S/2C10H13.3C3H8O.3C2H6O.Hf/c2*1-10(2,3)9-7-5-4-6-8-9;3*1-2-3-4;3*1-2-3;/h2*4-8H,1H2,2-3H3;3*4H,2-3H2,1H3;3*3H,2H2,1H3;/q2*-1;;;;;;;. The van der Waals surface area contributed by atoms with Gasteiger partial charge in [0, 0.05) is 65.5 Å². The average Bonchev–Trinajstić information content (AvgIpc) is 2.95. The Morgan fingerprint density at radius 1 is 0.452 bits per heavy atom. The molecule has 0 atom stereocenters. The minimum Gasteiger partial charge on any atom is -0.397 e. The number of benzene rings is 2. The van der Waals surface area contributed by atoms with Crippen LogP contribution in [0.15, 0.2) is 60.7 Å². The van der Waals surface area contributed by atoms with Gasteiger partial charge in [-0.15, -0.1) is 10.8 Å². The van der Waals surface area contributed by atoms with E-state index in [0.29, 0.717) is 19.8 Å². The van der Waals surface area contributed by atoms with Gasteiger partial charge in [0.1, 0.15) is 0 Å². The quantitative estimate of drug-likeness (QED) is 0.148. The van der Waals surface area contributed by atoms with E-state index < -0.39 is 0 Å². The molecule has 0 saturated carbocycles. The molecule has 0 spiro atoms. The van der Waals surface area contributed by atoms with E-state index in [0.717, 1.165) is 19.3 Å². The van der Waals surface area contributed by atoms with Crippen LogP contribution in [0.1, 0.15) is 99.6 Å². The van der Waals surface area contributed by atoms with Crippen LogP contribution in [-0.4, -0.2) is 70.3 Å². The van der Waals surface area contributed by atoms with Gasteiger partial charge in [-0.3, -0.25) is 0 Å². The zero-order valence-corrected chi connectivity index (χ0v) is 32.3. The van der Waals surface area contributed by atoms with Gasteiger partial charge in [0.25, 0.3) is 0 Å². The van der Waals surface area contributed by atoms with Crippen molar-refractivity contribution in [3.05, 3.63) is 85.6 Å². The molecule has 7 heteroatoms. The van der Waals surface area contributed by atoms with Crippen molar-refractivity contribution >= 4 is 0 Å². The number of rotatable bonds is 5. The van der Waals surface area contributed by atoms with E-state index in [4.69, 9.17) is 30.6 Å². The number of aliphatic hydroxyl groups excluding tert-OH is 6. The molecule has 0 fully saturated rings. The molecule has 6 N–H and O–H groups in total. The molecule has 0 heterocycles. The van der Waals surface area contributed by atoms with E-state index in [2.05, 4.69) is 65.8 Å². The first-order chi connectivity index (χ1) is 19.2. The van der Waals surface area contributed by atoms with Gasteiger partial charge in [0.15, 0.2) is 0 Å². The van der Waals surface area contributed by atoms with Gasteiger partial charge < -0.3 is 44.5 Å². The molecule has 0 bridgehead atoms. The van der Waals surface area contributed by atoms with Crippen LogP contribution in [0.3, 0.4) is 0 Å². The molecule has 0 aliphatic heterocycles. The predicted molar refractivity (Wildman–Crippen MR) is 180 cm³/mol. The van der Waals surface area contributed by atoms with E-state index in [-0.39, 0.29) is 56.5 Å². The zero-order chi connectivity index (χ0) is 33.6. The summed E-state index contributed by atoms with van der Waals surface area (Å²) in [6.07, 6.45) is 2.62. The summed E-state index contributed by atoms with van der Waals surface area (Å²) in [5, 5.41) is 46.3. The van der Waals surface area contributed by atoms with Gasteiger partial charge >= 0.3 is 0 Å². The average molecular weight is 763 g/mol. The predicted octanol–water partition coefficient (Wildman–Crippen LogP) is 6.76. The van der Waals surface area contributed by atoms with Crippen LogP contribution < -0.4 is 0 Å².